The summed E-state index contributed by atoms with van der Waals surface area (Å²) in [4.78, 5) is 28.1. The van der Waals surface area contributed by atoms with E-state index in [0.29, 0.717) is 12.8 Å². The van der Waals surface area contributed by atoms with Gasteiger partial charge in [-0.2, -0.15) is 0 Å². The molecular weight excluding hydrogens is 244 g/mol. The predicted octanol–water partition coefficient (Wildman–Crippen LogP) is 0.779. The van der Waals surface area contributed by atoms with Gasteiger partial charge in [0.15, 0.2) is 0 Å². The maximum Gasteiger partial charge on any atom is 0.307 e. The largest absolute Gasteiger partial charge is 0.469 e. The van der Waals surface area contributed by atoms with Gasteiger partial charge in [0.25, 0.3) is 0 Å². The summed E-state index contributed by atoms with van der Waals surface area (Å²) in [5.74, 6) is 0.125. The fraction of sp³-hybridized carbons (Fsp3) is 0.857. The average molecular weight is 266 g/mol. The first-order valence-corrected chi connectivity index (χ1v) is 7.10. The molecule has 0 atom stereocenters. The number of hydrogen-bond acceptors (Lipinski definition) is 4. The van der Waals surface area contributed by atoms with Crippen LogP contribution in [0.15, 0.2) is 0 Å². The van der Waals surface area contributed by atoms with E-state index < -0.39 is 0 Å². The molecule has 0 unspecified atom stereocenters. The molecular formula is C14H22N2O3. The van der Waals surface area contributed by atoms with Crippen LogP contribution in [0, 0.1) is 0 Å². The van der Waals surface area contributed by atoms with Crippen molar-refractivity contribution >= 4 is 11.9 Å². The zero-order valence-electron chi connectivity index (χ0n) is 11.8. The Morgan fingerprint density at radius 3 is 2.58 bits per heavy atom. The third-order valence-electron chi connectivity index (χ3n) is 5.52. The Kier molecular flexibility index (Phi) is 2.85. The van der Waals surface area contributed by atoms with Gasteiger partial charge in [-0.1, -0.05) is 0 Å². The van der Waals surface area contributed by atoms with Gasteiger partial charge < -0.3 is 9.64 Å². The number of esters is 1. The molecule has 3 saturated heterocycles. The quantitative estimate of drug-likeness (QED) is 0.693. The van der Waals surface area contributed by atoms with Crippen LogP contribution in [0.5, 0.6) is 0 Å². The number of methoxy groups -OCH3 is 1. The number of nitrogens with zero attached hydrogens (tertiary/aromatic N) is 2. The maximum absolute atomic E-state index is 12.1. The second kappa shape index (κ2) is 4.20. The van der Waals surface area contributed by atoms with Crippen molar-refractivity contribution in [3.63, 3.8) is 0 Å². The molecule has 3 aliphatic heterocycles. The van der Waals surface area contributed by atoms with Crippen molar-refractivity contribution in [2.24, 2.45) is 0 Å². The van der Waals surface area contributed by atoms with Gasteiger partial charge in [0.05, 0.1) is 13.5 Å². The van der Waals surface area contributed by atoms with Gasteiger partial charge in [-0.05, 0) is 25.7 Å². The van der Waals surface area contributed by atoms with E-state index in [2.05, 4.69) is 4.90 Å². The van der Waals surface area contributed by atoms with Gasteiger partial charge >= 0.3 is 5.97 Å². The van der Waals surface area contributed by atoms with Crippen LogP contribution < -0.4 is 0 Å². The van der Waals surface area contributed by atoms with Gasteiger partial charge in [0.1, 0.15) is 0 Å². The standard InChI is InChI=1S/C14H22N2O3/c1-15-7-8-16-13(9-11(15)17)3-5-14(16,6-4-13)10-12(18)19-2/h3-10H2,1-2H3. The average Bonchev–Trinajstić information content (AvgIpc) is 2.79. The number of carbonyl (C=O) groups is 2. The zero-order valence-corrected chi connectivity index (χ0v) is 11.8. The molecule has 5 heteroatoms. The Hall–Kier alpha value is -1.10. The molecule has 0 aromatic heterocycles. The van der Waals surface area contributed by atoms with Crippen molar-refractivity contribution in [1.29, 1.82) is 0 Å². The van der Waals surface area contributed by atoms with Gasteiger partial charge in [-0.3, -0.25) is 14.5 Å². The van der Waals surface area contributed by atoms with Crippen LogP contribution in [0.2, 0.25) is 0 Å². The van der Waals surface area contributed by atoms with Crippen molar-refractivity contribution in [3.8, 4) is 0 Å². The Bertz CT molecular complexity index is 413. The van der Waals surface area contributed by atoms with Crippen LogP contribution in [-0.2, 0) is 14.3 Å². The molecule has 3 rings (SSSR count). The lowest BCUT2D eigenvalue weighted by Gasteiger charge is -2.37. The summed E-state index contributed by atoms with van der Waals surface area (Å²) < 4.78 is 4.87. The Labute approximate surface area is 113 Å². The lowest BCUT2D eigenvalue weighted by Crippen LogP contribution is -2.48. The number of ether oxygens (including phenoxy) is 1. The van der Waals surface area contributed by atoms with Crippen molar-refractivity contribution < 1.29 is 14.3 Å². The molecule has 2 bridgehead atoms. The van der Waals surface area contributed by atoms with Crippen LogP contribution in [-0.4, -0.2) is 60.0 Å². The van der Waals surface area contributed by atoms with Crippen LogP contribution in [0.3, 0.4) is 0 Å². The lowest BCUT2D eigenvalue weighted by molar-refractivity contribution is -0.143. The highest BCUT2D eigenvalue weighted by molar-refractivity contribution is 5.78. The summed E-state index contributed by atoms with van der Waals surface area (Å²) in [6, 6.07) is 0. The van der Waals surface area contributed by atoms with Crippen molar-refractivity contribution in [1.82, 2.24) is 9.80 Å². The number of amides is 1. The summed E-state index contributed by atoms with van der Waals surface area (Å²) in [6.07, 6.45) is 5.24. The molecule has 0 aliphatic carbocycles. The van der Waals surface area contributed by atoms with Gasteiger partial charge in [-0.25, -0.2) is 0 Å². The van der Waals surface area contributed by atoms with Crippen LogP contribution in [0.25, 0.3) is 0 Å². The maximum atomic E-state index is 12.1. The van der Waals surface area contributed by atoms with E-state index in [0.717, 1.165) is 38.8 Å². The van der Waals surface area contributed by atoms with E-state index in [1.165, 1.54) is 7.11 Å². The summed E-state index contributed by atoms with van der Waals surface area (Å²) in [7, 11) is 3.33. The van der Waals surface area contributed by atoms with E-state index >= 15 is 0 Å². The fourth-order valence-corrected chi connectivity index (χ4v) is 4.37. The van der Waals surface area contributed by atoms with E-state index in [-0.39, 0.29) is 23.0 Å². The first-order valence-electron chi connectivity index (χ1n) is 7.10. The second-order valence-electron chi connectivity index (χ2n) is 6.35. The molecule has 106 valence electrons. The minimum atomic E-state index is -0.123. The van der Waals surface area contributed by atoms with Crippen LogP contribution in [0.1, 0.15) is 38.5 Å². The first-order chi connectivity index (χ1) is 9.01. The normalized spacial score (nSPS) is 38.2. The van der Waals surface area contributed by atoms with Gasteiger partial charge in [-0.15, -0.1) is 0 Å². The van der Waals surface area contributed by atoms with Crippen molar-refractivity contribution in [2.45, 2.75) is 49.6 Å². The monoisotopic (exact) mass is 266 g/mol. The summed E-state index contributed by atoms with van der Waals surface area (Å²) in [5.41, 5.74) is -0.0194. The molecule has 3 fully saturated rings. The Morgan fingerprint density at radius 1 is 1.26 bits per heavy atom. The smallest absolute Gasteiger partial charge is 0.307 e. The number of hydrogen-bond donors (Lipinski definition) is 0. The molecule has 0 aromatic rings. The molecule has 0 radical (unpaired) electrons. The third-order valence-corrected chi connectivity index (χ3v) is 5.52. The van der Waals surface area contributed by atoms with E-state index in [9.17, 15) is 9.59 Å². The highest BCUT2D eigenvalue weighted by Gasteiger charge is 2.61. The fourth-order valence-electron chi connectivity index (χ4n) is 4.37. The highest BCUT2D eigenvalue weighted by Crippen LogP contribution is 2.56. The molecule has 0 N–H and O–H groups in total. The zero-order chi connectivity index (χ0) is 13.7. The Morgan fingerprint density at radius 2 is 1.95 bits per heavy atom. The third kappa shape index (κ3) is 1.78. The minimum Gasteiger partial charge on any atom is -0.469 e. The molecule has 19 heavy (non-hydrogen) atoms. The lowest BCUT2D eigenvalue weighted by atomic mass is 9.79. The molecule has 3 heterocycles. The molecule has 1 amide bonds. The minimum absolute atomic E-state index is 0.0237. The number of carbonyl (C=O) groups excluding carboxylic acids is 2. The number of likely N-dealkylation sites (N-methyl/N-ethyl adjacent to an activating group) is 1. The van der Waals surface area contributed by atoms with Gasteiger partial charge in [0, 0.05) is 37.6 Å². The molecule has 0 saturated carbocycles. The summed E-state index contributed by atoms with van der Waals surface area (Å²) >= 11 is 0. The van der Waals surface area contributed by atoms with E-state index in [1.54, 1.807) is 0 Å². The van der Waals surface area contributed by atoms with E-state index in [1.807, 2.05) is 11.9 Å². The molecule has 0 aromatic carbocycles. The van der Waals surface area contributed by atoms with Crippen LogP contribution in [0.4, 0.5) is 0 Å². The first kappa shape index (κ1) is 12.9. The van der Waals surface area contributed by atoms with E-state index in [4.69, 9.17) is 4.74 Å². The summed E-state index contributed by atoms with van der Waals surface area (Å²) in [5, 5.41) is 0. The van der Waals surface area contributed by atoms with Crippen molar-refractivity contribution in [2.75, 3.05) is 27.2 Å². The highest BCUT2D eigenvalue weighted by atomic mass is 16.5. The topological polar surface area (TPSA) is 49.9 Å². The molecule has 5 nitrogen and oxygen atoms in total. The van der Waals surface area contributed by atoms with Crippen LogP contribution >= 0.6 is 0 Å². The molecule has 3 aliphatic rings. The molecule has 0 spiro atoms. The summed E-state index contributed by atoms with van der Waals surface area (Å²) in [6.45, 7) is 1.66. The van der Waals surface area contributed by atoms with Gasteiger partial charge in [0.2, 0.25) is 5.91 Å². The number of rotatable bonds is 2. The second-order valence-corrected chi connectivity index (χ2v) is 6.35. The van der Waals surface area contributed by atoms with Crippen molar-refractivity contribution in [3.05, 3.63) is 0 Å². The SMILES string of the molecule is COC(=O)CC12CCC3(CC1)CC(=O)N(C)CCN23. The predicted molar refractivity (Wildman–Crippen MR) is 69.5 cm³/mol. The Balaban J connectivity index is 1.87.